The smallest absolute Gasteiger partial charge is 0.224 e. The van der Waals surface area contributed by atoms with Gasteiger partial charge in [-0.1, -0.05) is 12.1 Å². The summed E-state index contributed by atoms with van der Waals surface area (Å²) in [5.41, 5.74) is 6.77. The number of nitrogens with two attached hydrogens (primary N) is 1. The number of carbonyl (C=O) groups excluding carboxylic acids is 1. The first-order valence-corrected chi connectivity index (χ1v) is 6.48. The maximum atomic E-state index is 11.3. The summed E-state index contributed by atoms with van der Waals surface area (Å²) in [6.45, 7) is 9.46. The van der Waals surface area contributed by atoms with E-state index in [2.05, 4.69) is 0 Å². The van der Waals surface area contributed by atoms with Gasteiger partial charge in [0.25, 0.3) is 0 Å². The van der Waals surface area contributed by atoms with Gasteiger partial charge < -0.3 is 15.6 Å². The van der Waals surface area contributed by atoms with E-state index in [9.17, 15) is 9.90 Å². The van der Waals surface area contributed by atoms with E-state index >= 15 is 0 Å². The first-order valence-electron chi connectivity index (χ1n) is 6.48. The van der Waals surface area contributed by atoms with E-state index in [-0.39, 0.29) is 11.8 Å². The van der Waals surface area contributed by atoms with Crippen LogP contribution in [-0.2, 0) is 10.4 Å². The van der Waals surface area contributed by atoms with Crippen LogP contribution in [0.3, 0.4) is 0 Å². The molecule has 1 rings (SSSR count). The van der Waals surface area contributed by atoms with Gasteiger partial charge in [-0.15, -0.1) is 0 Å². The van der Waals surface area contributed by atoms with Gasteiger partial charge in [0.1, 0.15) is 5.75 Å². The molecule has 0 saturated heterocycles. The lowest BCUT2D eigenvalue weighted by Crippen LogP contribution is -2.22. The molecule has 0 aromatic heterocycles. The van der Waals surface area contributed by atoms with E-state index in [1.807, 2.05) is 19.9 Å². The third-order valence-corrected chi connectivity index (χ3v) is 3.29. The van der Waals surface area contributed by atoms with Crippen molar-refractivity contribution in [1.29, 1.82) is 0 Å². The van der Waals surface area contributed by atoms with Gasteiger partial charge in [-0.25, -0.2) is 0 Å². The highest BCUT2D eigenvalue weighted by Crippen LogP contribution is 2.36. The van der Waals surface area contributed by atoms with Crippen molar-refractivity contribution in [2.45, 2.75) is 46.1 Å². The quantitative estimate of drug-likeness (QED) is 0.857. The van der Waals surface area contributed by atoms with Gasteiger partial charge in [0.2, 0.25) is 5.91 Å². The van der Waals surface area contributed by atoms with Crippen LogP contribution >= 0.6 is 0 Å². The van der Waals surface area contributed by atoms with Crippen molar-refractivity contribution in [3.63, 3.8) is 0 Å². The van der Waals surface area contributed by atoms with Crippen LogP contribution in [0.1, 0.15) is 50.3 Å². The fourth-order valence-corrected chi connectivity index (χ4v) is 2.14. The van der Waals surface area contributed by atoms with E-state index in [4.69, 9.17) is 10.5 Å². The molecule has 1 aromatic rings. The van der Waals surface area contributed by atoms with Crippen LogP contribution in [0.4, 0.5) is 0 Å². The fraction of sp³-hybridized carbons (Fsp3) is 0.533. The molecule has 0 fully saturated rings. The second kappa shape index (κ2) is 5.61. The monoisotopic (exact) mass is 265 g/mol. The van der Waals surface area contributed by atoms with E-state index in [0.717, 1.165) is 11.1 Å². The molecule has 0 radical (unpaired) electrons. The van der Waals surface area contributed by atoms with Crippen molar-refractivity contribution in [2.24, 2.45) is 5.73 Å². The molecule has 4 nitrogen and oxygen atoms in total. The summed E-state index contributed by atoms with van der Waals surface area (Å²) in [6.07, 6.45) is 0. The molecule has 19 heavy (non-hydrogen) atoms. The van der Waals surface area contributed by atoms with Crippen LogP contribution in [-0.4, -0.2) is 17.6 Å². The van der Waals surface area contributed by atoms with E-state index in [1.165, 1.54) is 0 Å². The van der Waals surface area contributed by atoms with Gasteiger partial charge in [0, 0.05) is 5.56 Å². The Kier molecular flexibility index (Phi) is 4.58. The molecule has 1 aromatic carbocycles. The highest BCUT2D eigenvalue weighted by molar-refractivity contribution is 5.82. The maximum absolute atomic E-state index is 11.3. The second-order valence-electron chi connectivity index (χ2n) is 5.27. The minimum Gasteiger partial charge on any atom is -0.493 e. The normalized spacial score (nSPS) is 13.2. The zero-order chi connectivity index (χ0) is 14.8. The van der Waals surface area contributed by atoms with Crippen LogP contribution in [0, 0.1) is 6.92 Å². The molecule has 0 heterocycles. The molecule has 0 spiro atoms. The number of hydrogen-bond acceptors (Lipinski definition) is 3. The van der Waals surface area contributed by atoms with Crippen molar-refractivity contribution < 1.29 is 14.6 Å². The molecule has 0 bridgehead atoms. The Morgan fingerprint density at radius 2 is 2.05 bits per heavy atom. The summed E-state index contributed by atoms with van der Waals surface area (Å²) < 4.78 is 5.65. The molecular formula is C15H23NO3. The average molecular weight is 265 g/mol. The molecular weight excluding hydrogens is 242 g/mol. The molecule has 1 amide bonds. The summed E-state index contributed by atoms with van der Waals surface area (Å²) in [4.78, 5) is 11.3. The molecule has 0 saturated carbocycles. The van der Waals surface area contributed by atoms with Crippen molar-refractivity contribution in [3.8, 4) is 5.75 Å². The Morgan fingerprint density at radius 1 is 1.47 bits per heavy atom. The largest absolute Gasteiger partial charge is 0.493 e. The SMILES string of the molecule is CCOc1c(C(C)(C)O)ccc([C@@H](C)C(N)=O)c1C. The molecule has 0 unspecified atom stereocenters. The van der Waals surface area contributed by atoms with Crippen LogP contribution in [0.2, 0.25) is 0 Å². The summed E-state index contributed by atoms with van der Waals surface area (Å²) in [7, 11) is 0. The Bertz CT molecular complexity index is 475. The zero-order valence-electron chi connectivity index (χ0n) is 12.3. The van der Waals surface area contributed by atoms with Crippen LogP contribution in [0.15, 0.2) is 12.1 Å². The molecule has 0 aliphatic heterocycles. The van der Waals surface area contributed by atoms with Crippen molar-refractivity contribution in [1.82, 2.24) is 0 Å². The number of benzene rings is 1. The lowest BCUT2D eigenvalue weighted by atomic mass is 9.88. The first kappa shape index (κ1) is 15.5. The summed E-state index contributed by atoms with van der Waals surface area (Å²) in [6, 6.07) is 3.63. The van der Waals surface area contributed by atoms with Gasteiger partial charge in [0.05, 0.1) is 18.1 Å². The summed E-state index contributed by atoms with van der Waals surface area (Å²) in [5, 5.41) is 10.2. The number of ether oxygens (including phenoxy) is 1. The predicted octanol–water partition coefficient (Wildman–Crippen LogP) is 2.21. The Hall–Kier alpha value is -1.55. The number of primary amides is 1. The van der Waals surface area contributed by atoms with Gasteiger partial charge in [-0.3, -0.25) is 4.79 Å². The van der Waals surface area contributed by atoms with E-state index in [1.54, 1.807) is 26.8 Å². The van der Waals surface area contributed by atoms with Crippen LogP contribution in [0.5, 0.6) is 5.75 Å². The van der Waals surface area contributed by atoms with Crippen molar-refractivity contribution in [2.75, 3.05) is 6.61 Å². The van der Waals surface area contributed by atoms with Gasteiger partial charge in [-0.05, 0) is 45.7 Å². The lowest BCUT2D eigenvalue weighted by molar-refractivity contribution is -0.119. The topological polar surface area (TPSA) is 72.6 Å². The molecule has 4 heteroatoms. The number of rotatable bonds is 5. The van der Waals surface area contributed by atoms with Crippen LogP contribution < -0.4 is 10.5 Å². The number of amides is 1. The molecule has 0 aliphatic carbocycles. The zero-order valence-corrected chi connectivity index (χ0v) is 12.3. The third-order valence-electron chi connectivity index (χ3n) is 3.29. The maximum Gasteiger partial charge on any atom is 0.224 e. The third kappa shape index (κ3) is 3.26. The molecule has 0 aliphatic rings. The standard InChI is InChI=1S/C15H23NO3/c1-6-19-13-9(2)11(10(3)14(16)17)7-8-12(13)15(4,5)18/h7-8,10,18H,6H2,1-5H3,(H2,16,17)/t10-/m1/s1. The molecule has 106 valence electrons. The highest BCUT2D eigenvalue weighted by atomic mass is 16.5. The summed E-state index contributed by atoms with van der Waals surface area (Å²) >= 11 is 0. The molecule has 1 atom stereocenters. The van der Waals surface area contributed by atoms with Gasteiger partial charge >= 0.3 is 0 Å². The Morgan fingerprint density at radius 3 is 2.47 bits per heavy atom. The van der Waals surface area contributed by atoms with Gasteiger partial charge in [-0.2, -0.15) is 0 Å². The van der Waals surface area contributed by atoms with Gasteiger partial charge in [0.15, 0.2) is 0 Å². The van der Waals surface area contributed by atoms with E-state index in [0.29, 0.717) is 17.9 Å². The number of aliphatic hydroxyl groups is 1. The Labute approximate surface area is 114 Å². The predicted molar refractivity (Wildman–Crippen MR) is 75.2 cm³/mol. The first-order chi connectivity index (χ1) is 8.70. The second-order valence-corrected chi connectivity index (χ2v) is 5.27. The lowest BCUT2D eigenvalue weighted by Gasteiger charge is -2.25. The minimum absolute atomic E-state index is 0.374. The number of hydrogen-bond donors (Lipinski definition) is 2. The average Bonchev–Trinajstić information content (AvgIpc) is 2.29. The highest BCUT2D eigenvalue weighted by Gasteiger charge is 2.25. The Balaban J connectivity index is 3.43. The summed E-state index contributed by atoms with van der Waals surface area (Å²) in [5.74, 6) is -0.114. The van der Waals surface area contributed by atoms with E-state index < -0.39 is 5.60 Å². The van der Waals surface area contributed by atoms with Crippen molar-refractivity contribution >= 4 is 5.91 Å². The number of carbonyl (C=O) groups is 1. The molecule has 3 N–H and O–H groups in total. The minimum atomic E-state index is -0.996. The van der Waals surface area contributed by atoms with Crippen LogP contribution in [0.25, 0.3) is 0 Å². The fourth-order valence-electron chi connectivity index (χ4n) is 2.14. The van der Waals surface area contributed by atoms with Crippen molar-refractivity contribution in [3.05, 3.63) is 28.8 Å².